The number of ether oxygens (including phenoxy) is 1. The molecule has 1 atom stereocenters. The lowest BCUT2D eigenvalue weighted by Crippen LogP contribution is -2.35. The molecule has 1 aromatic carbocycles. The molecule has 0 radical (unpaired) electrons. The highest BCUT2D eigenvalue weighted by Crippen LogP contribution is 2.23. The first-order valence-electron chi connectivity index (χ1n) is 7.69. The van der Waals surface area contributed by atoms with Gasteiger partial charge < -0.3 is 15.4 Å². The third-order valence-corrected chi connectivity index (χ3v) is 4.15. The van der Waals surface area contributed by atoms with E-state index in [9.17, 15) is 4.79 Å². The van der Waals surface area contributed by atoms with Gasteiger partial charge in [-0.1, -0.05) is 30.3 Å². The fraction of sp³-hybridized carbons (Fsp3) is 0.222. The second-order valence-electron chi connectivity index (χ2n) is 5.53. The van der Waals surface area contributed by atoms with Gasteiger partial charge in [0, 0.05) is 25.9 Å². The second kappa shape index (κ2) is 6.72. The van der Waals surface area contributed by atoms with Gasteiger partial charge in [0.1, 0.15) is 5.75 Å². The topological polar surface area (TPSA) is 72.9 Å². The summed E-state index contributed by atoms with van der Waals surface area (Å²) >= 11 is 0. The molecular formula is C18H20N4O2. The zero-order valence-corrected chi connectivity index (χ0v) is 13.7. The highest BCUT2D eigenvalue weighted by atomic mass is 16.5. The van der Waals surface area contributed by atoms with Gasteiger partial charge in [-0.25, -0.2) is 4.52 Å². The van der Waals surface area contributed by atoms with E-state index in [1.165, 1.54) is 0 Å². The van der Waals surface area contributed by atoms with E-state index in [1.54, 1.807) is 48.1 Å². The van der Waals surface area contributed by atoms with Crippen LogP contribution in [0.4, 0.5) is 0 Å². The number of nitrogens with zero attached hydrogens (tertiary/aromatic N) is 3. The molecule has 6 nitrogen and oxygen atoms in total. The Morgan fingerprint density at radius 3 is 2.75 bits per heavy atom. The van der Waals surface area contributed by atoms with Crippen LogP contribution >= 0.6 is 0 Å². The number of nitrogens with two attached hydrogens (primary N) is 1. The lowest BCUT2D eigenvalue weighted by molar-refractivity contribution is 0.0737. The highest BCUT2D eigenvalue weighted by Gasteiger charge is 2.24. The SMILES string of the molecule is COc1ccn2ncc(C(=O)N(C)C(CN)c3ccccc3)c2c1. The summed E-state index contributed by atoms with van der Waals surface area (Å²) in [5.41, 5.74) is 8.15. The van der Waals surface area contributed by atoms with E-state index in [2.05, 4.69) is 5.10 Å². The molecule has 2 heterocycles. The summed E-state index contributed by atoms with van der Waals surface area (Å²) in [5.74, 6) is 0.552. The van der Waals surface area contributed by atoms with Crippen molar-refractivity contribution < 1.29 is 9.53 Å². The van der Waals surface area contributed by atoms with Crippen LogP contribution in [-0.2, 0) is 0 Å². The first-order chi connectivity index (χ1) is 11.7. The van der Waals surface area contributed by atoms with Crippen molar-refractivity contribution in [1.29, 1.82) is 0 Å². The predicted octanol–water partition coefficient (Wildman–Crippen LogP) is 2.11. The highest BCUT2D eigenvalue weighted by molar-refractivity contribution is 6.00. The molecule has 24 heavy (non-hydrogen) atoms. The normalized spacial score (nSPS) is 12.1. The van der Waals surface area contributed by atoms with E-state index < -0.39 is 0 Å². The van der Waals surface area contributed by atoms with Crippen LogP contribution in [0, 0.1) is 0 Å². The van der Waals surface area contributed by atoms with Crippen LogP contribution in [0.25, 0.3) is 5.52 Å². The molecule has 1 amide bonds. The van der Waals surface area contributed by atoms with Crippen molar-refractivity contribution in [3.05, 3.63) is 66.0 Å². The van der Waals surface area contributed by atoms with Crippen molar-refractivity contribution in [2.24, 2.45) is 5.73 Å². The number of likely N-dealkylation sites (N-methyl/N-ethyl adjacent to an activating group) is 1. The maximum atomic E-state index is 13.0. The second-order valence-corrected chi connectivity index (χ2v) is 5.53. The Bertz CT molecular complexity index is 845. The van der Waals surface area contributed by atoms with Crippen molar-refractivity contribution in [2.45, 2.75) is 6.04 Å². The molecule has 3 rings (SSSR count). The number of aromatic nitrogens is 2. The molecule has 2 aromatic heterocycles. The van der Waals surface area contributed by atoms with E-state index in [0.29, 0.717) is 23.4 Å². The van der Waals surface area contributed by atoms with Crippen molar-refractivity contribution in [1.82, 2.24) is 14.5 Å². The summed E-state index contributed by atoms with van der Waals surface area (Å²) in [7, 11) is 3.35. The van der Waals surface area contributed by atoms with Crippen LogP contribution in [-0.4, -0.2) is 41.1 Å². The van der Waals surface area contributed by atoms with Gasteiger partial charge in [-0.05, 0) is 11.6 Å². The van der Waals surface area contributed by atoms with E-state index in [4.69, 9.17) is 10.5 Å². The maximum Gasteiger partial charge on any atom is 0.257 e. The van der Waals surface area contributed by atoms with Gasteiger partial charge in [0.2, 0.25) is 0 Å². The van der Waals surface area contributed by atoms with Crippen LogP contribution in [0.2, 0.25) is 0 Å². The van der Waals surface area contributed by atoms with Crippen molar-refractivity contribution in [3.8, 4) is 5.75 Å². The molecule has 0 saturated heterocycles. The minimum Gasteiger partial charge on any atom is -0.497 e. The Labute approximate surface area is 140 Å². The van der Waals surface area contributed by atoms with Gasteiger partial charge in [0.25, 0.3) is 5.91 Å². The number of hydrogen-bond acceptors (Lipinski definition) is 4. The van der Waals surface area contributed by atoms with Crippen molar-refractivity contribution in [2.75, 3.05) is 20.7 Å². The van der Waals surface area contributed by atoms with Gasteiger partial charge in [-0.3, -0.25) is 4.79 Å². The molecule has 2 N–H and O–H groups in total. The van der Waals surface area contributed by atoms with Crippen molar-refractivity contribution >= 4 is 11.4 Å². The molecule has 0 fully saturated rings. The van der Waals surface area contributed by atoms with Crippen LogP contribution in [0.15, 0.2) is 54.9 Å². The lowest BCUT2D eigenvalue weighted by Gasteiger charge is -2.27. The molecule has 1 unspecified atom stereocenters. The number of carbonyl (C=O) groups excluding carboxylic acids is 1. The maximum absolute atomic E-state index is 13.0. The first kappa shape index (κ1) is 16.0. The van der Waals surface area contributed by atoms with E-state index in [1.807, 2.05) is 30.3 Å². The van der Waals surface area contributed by atoms with Gasteiger partial charge in [-0.15, -0.1) is 0 Å². The minimum atomic E-state index is -0.195. The van der Waals surface area contributed by atoms with Crippen LogP contribution < -0.4 is 10.5 Å². The Morgan fingerprint density at radius 2 is 2.08 bits per heavy atom. The molecular weight excluding hydrogens is 304 g/mol. The Balaban J connectivity index is 1.96. The zero-order chi connectivity index (χ0) is 17.1. The Hall–Kier alpha value is -2.86. The smallest absolute Gasteiger partial charge is 0.257 e. The van der Waals surface area contributed by atoms with Gasteiger partial charge in [0.05, 0.1) is 30.4 Å². The number of rotatable bonds is 5. The lowest BCUT2D eigenvalue weighted by atomic mass is 10.0. The minimum absolute atomic E-state index is 0.127. The van der Waals surface area contributed by atoms with Gasteiger partial charge in [0.15, 0.2) is 0 Å². The summed E-state index contributed by atoms with van der Waals surface area (Å²) in [6.45, 7) is 0.342. The molecule has 0 spiro atoms. The number of methoxy groups -OCH3 is 1. The summed E-state index contributed by atoms with van der Waals surface area (Å²) in [4.78, 5) is 14.6. The largest absolute Gasteiger partial charge is 0.497 e. The molecule has 0 aliphatic carbocycles. The third kappa shape index (κ3) is 2.83. The monoisotopic (exact) mass is 324 g/mol. The average Bonchev–Trinajstić information content (AvgIpc) is 3.05. The van der Waals surface area contributed by atoms with Crippen LogP contribution in [0.1, 0.15) is 22.0 Å². The van der Waals surface area contributed by atoms with Gasteiger partial charge in [-0.2, -0.15) is 5.10 Å². The number of hydrogen-bond donors (Lipinski definition) is 1. The molecule has 0 bridgehead atoms. The quantitative estimate of drug-likeness (QED) is 0.780. The third-order valence-electron chi connectivity index (χ3n) is 4.15. The zero-order valence-electron chi connectivity index (χ0n) is 13.7. The van der Waals surface area contributed by atoms with E-state index in [0.717, 1.165) is 5.56 Å². The van der Waals surface area contributed by atoms with Crippen molar-refractivity contribution in [3.63, 3.8) is 0 Å². The molecule has 0 aliphatic rings. The fourth-order valence-electron chi connectivity index (χ4n) is 2.78. The van der Waals surface area contributed by atoms with E-state index in [-0.39, 0.29) is 11.9 Å². The summed E-state index contributed by atoms with van der Waals surface area (Å²) in [6.07, 6.45) is 3.34. The number of amides is 1. The summed E-state index contributed by atoms with van der Waals surface area (Å²) < 4.78 is 6.90. The Kier molecular flexibility index (Phi) is 4.48. The average molecular weight is 324 g/mol. The summed E-state index contributed by atoms with van der Waals surface area (Å²) in [5, 5.41) is 4.24. The first-order valence-corrected chi connectivity index (χ1v) is 7.69. The van der Waals surface area contributed by atoms with Crippen LogP contribution in [0.3, 0.4) is 0 Å². The number of benzene rings is 1. The fourth-order valence-corrected chi connectivity index (χ4v) is 2.78. The number of carbonyl (C=O) groups is 1. The molecule has 124 valence electrons. The Morgan fingerprint density at radius 1 is 1.33 bits per heavy atom. The standard InChI is InChI=1S/C18H20N4O2/c1-21(17(11-19)13-6-4-3-5-7-13)18(23)15-12-20-22-9-8-14(24-2)10-16(15)22/h3-10,12,17H,11,19H2,1-2H3. The molecule has 0 saturated carbocycles. The predicted molar refractivity (Wildman–Crippen MR) is 92.1 cm³/mol. The molecule has 6 heteroatoms. The number of fused-ring (bicyclic) bond motifs is 1. The van der Waals surface area contributed by atoms with Crippen LogP contribution in [0.5, 0.6) is 5.75 Å². The van der Waals surface area contributed by atoms with E-state index >= 15 is 0 Å². The summed E-state index contributed by atoms with van der Waals surface area (Å²) in [6, 6.07) is 13.2. The molecule has 0 aliphatic heterocycles. The van der Waals surface area contributed by atoms with Gasteiger partial charge >= 0.3 is 0 Å². The number of pyridine rings is 1. The molecule has 3 aromatic rings.